The third-order valence-corrected chi connectivity index (χ3v) is 5.39. The molecule has 3 aromatic rings. The summed E-state index contributed by atoms with van der Waals surface area (Å²) in [7, 11) is 1.88. The molecule has 0 aliphatic carbocycles. The first-order valence-electron chi connectivity index (χ1n) is 10.4. The highest BCUT2D eigenvalue weighted by Gasteiger charge is 2.12. The lowest BCUT2D eigenvalue weighted by Crippen LogP contribution is -2.35. The van der Waals surface area contributed by atoms with Crippen LogP contribution in [0.3, 0.4) is 0 Å². The van der Waals surface area contributed by atoms with Gasteiger partial charge in [0, 0.05) is 68.2 Å². The molecular formula is C24H27N5O2. The maximum atomic E-state index is 12.5. The molecule has 1 saturated heterocycles. The Bertz CT molecular complexity index is 1080. The lowest BCUT2D eigenvalue weighted by atomic mass is 10.0. The van der Waals surface area contributed by atoms with E-state index in [1.807, 2.05) is 31.4 Å². The van der Waals surface area contributed by atoms with Crippen LogP contribution in [0.5, 0.6) is 0 Å². The smallest absolute Gasteiger partial charge is 0.248 e. The summed E-state index contributed by atoms with van der Waals surface area (Å²) in [5, 5.41) is 7.17. The first-order chi connectivity index (χ1) is 15.1. The number of carbonyl (C=O) groups excluding carboxylic acids is 1. The van der Waals surface area contributed by atoms with Gasteiger partial charge in [-0.2, -0.15) is 5.10 Å². The van der Waals surface area contributed by atoms with Gasteiger partial charge in [0.25, 0.3) is 0 Å². The van der Waals surface area contributed by atoms with Crippen LogP contribution in [0.4, 0.5) is 5.69 Å². The molecule has 0 unspecified atom stereocenters. The molecule has 1 aliphatic heterocycles. The van der Waals surface area contributed by atoms with E-state index in [1.54, 1.807) is 29.3 Å². The van der Waals surface area contributed by atoms with Crippen molar-refractivity contribution >= 4 is 17.7 Å². The summed E-state index contributed by atoms with van der Waals surface area (Å²) < 4.78 is 7.17. The largest absolute Gasteiger partial charge is 0.379 e. The third kappa shape index (κ3) is 5.45. The number of hydrogen-bond acceptors (Lipinski definition) is 5. The number of nitrogens with one attached hydrogen (secondary N) is 1. The number of amides is 1. The molecule has 0 saturated carbocycles. The van der Waals surface area contributed by atoms with Crippen molar-refractivity contribution in [2.45, 2.75) is 13.5 Å². The van der Waals surface area contributed by atoms with Gasteiger partial charge in [0.1, 0.15) is 0 Å². The predicted octanol–water partition coefficient (Wildman–Crippen LogP) is 3.27. The van der Waals surface area contributed by atoms with Gasteiger partial charge >= 0.3 is 0 Å². The van der Waals surface area contributed by atoms with Crippen LogP contribution in [0.1, 0.15) is 16.7 Å². The van der Waals surface area contributed by atoms with Gasteiger partial charge in [-0.05, 0) is 47.9 Å². The highest BCUT2D eigenvalue weighted by molar-refractivity contribution is 6.02. The number of ether oxygens (including phenoxy) is 1. The standard InChI is InChI=1S/C24H27N5O2/c1-18-13-22(5-3-20(18)17-29-9-11-31-12-10-29)27-24(30)6-4-19-14-25-8-7-23(19)21-15-26-28(2)16-21/h3-8,13-16H,9-12,17H2,1-2H3,(H,27,30). The quantitative estimate of drug-likeness (QED) is 0.623. The second kappa shape index (κ2) is 9.68. The van der Waals surface area contributed by atoms with Crippen molar-refractivity contribution in [2.75, 3.05) is 31.6 Å². The number of pyridine rings is 1. The van der Waals surface area contributed by atoms with E-state index in [0.717, 1.165) is 55.2 Å². The number of morpholine rings is 1. The number of anilines is 1. The molecule has 3 heterocycles. The third-order valence-electron chi connectivity index (χ3n) is 5.39. The molecule has 1 N–H and O–H groups in total. The number of benzene rings is 1. The van der Waals surface area contributed by atoms with Gasteiger partial charge in [-0.1, -0.05) is 6.07 Å². The zero-order valence-corrected chi connectivity index (χ0v) is 17.9. The van der Waals surface area contributed by atoms with E-state index in [1.165, 1.54) is 17.2 Å². The van der Waals surface area contributed by atoms with Gasteiger partial charge < -0.3 is 10.1 Å². The second-order valence-corrected chi connectivity index (χ2v) is 7.72. The average Bonchev–Trinajstić information content (AvgIpc) is 3.21. The summed E-state index contributed by atoms with van der Waals surface area (Å²) in [5.41, 5.74) is 6.05. The molecular weight excluding hydrogens is 390 g/mol. The minimum atomic E-state index is -0.179. The molecule has 31 heavy (non-hydrogen) atoms. The Kier molecular flexibility index (Phi) is 6.54. The van der Waals surface area contributed by atoms with Crippen LogP contribution >= 0.6 is 0 Å². The highest BCUT2D eigenvalue weighted by atomic mass is 16.5. The van der Waals surface area contributed by atoms with Crippen LogP contribution < -0.4 is 5.32 Å². The van der Waals surface area contributed by atoms with Crippen LogP contribution in [0.15, 0.2) is 55.1 Å². The van der Waals surface area contributed by atoms with Gasteiger partial charge in [0.2, 0.25) is 5.91 Å². The van der Waals surface area contributed by atoms with Gasteiger partial charge in [-0.3, -0.25) is 19.4 Å². The van der Waals surface area contributed by atoms with E-state index < -0.39 is 0 Å². The Balaban J connectivity index is 1.41. The lowest BCUT2D eigenvalue weighted by Gasteiger charge is -2.27. The molecule has 4 rings (SSSR count). The molecule has 1 amide bonds. The first kappa shape index (κ1) is 21.0. The highest BCUT2D eigenvalue weighted by Crippen LogP contribution is 2.23. The number of carbonyl (C=O) groups is 1. The number of nitrogens with zero attached hydrogens (tertiary/aromatic N) is 4. The maximum Gasteiger partial charge on any atom is 0.248 e. The SMILES string of the molecule is Cc1cc(NC(=O)C=Cc2cnccc2-c2cnn(C)c2)ccc1CN1CCOCC1. The van der Waals surface area contributed by atoms with Crippen molar-refractivity contribution in [3.8, 4) is 11.1 Å². The number of aromatic nitrogens is 3. The van der Waals surface area contributed by atoms with Crippen LogP contribution in [0.2, 0.25) is 0 Å². The Morgan fingerprint density at radius 3 is 2.81 bits per heavy atom. The van der Waals surface area contributed by atoms with E-state index in [4.69, 9.17) is 4.74 Å². The van der Waals surface area contributed by atoms with Gasteiger partial charge in [0.15, 0.2) is 0 Å². The molecule has 1 aromatic carbocycles. The zero-order chi connectivity index (χ0) is 21.6. The minimum Gasteiger partial charge on any atom is -0.379 e. The average molecular weight is 418 g/mol. The first-order valence-corrected chi connectivity index (χ1v) is 10.4. The van der Waals surface area contributed by atoms with Crippen molar-refractivity contribution in [1.29, 1.82) is 0 Å². The van der Waals surface area contributed by atoms with Crippen molar-refractivity contribution in [1.82, 2.24) is 19.7 Å². The van der Waals surface area contributed by atoms with Crippen LogP contribution in [-0.2, 0) is 23.1 Å². The van der Waals surface area contributed by atoms with E-state index >= 15 is 0 Å². The van der Waals surface area contributed by atoms with Crippen molar-refractivity contribution in [3.63, 3.8) is 0 Å². The molecule has 160 valence electrons. The van der Waals surface area contributed by atoms with Crippen molar-refractivity contribution in [2.24, 2.45) is 7.05 Å². The predicted molar refractivity (Wildman–Crippen MR) is 121 cm³/mol. The molecule has 1 aliphatic rings. The number of rotatable bonds is 6. The fourth-order valence-electron chi connectivity index (χ4n) is 3.66. The normalized spacial score (nSPS) is 14.8. The molecule has 7 heteroatoms. The molecule has 1 fully saturated rings. The van der Waals surface area contributed by atoms with Gasteiger partial charge in [0.05, 0.1) is 19.4 Å². The van der Waals surface area contributed by atoms with Crippen molar-refractivity contribution in [3.05, 3.63) is 71.8 Å². The fraction of sp³-hybridized carbons (Fsp3) is 0.292. The molecule has 0 atom stereocenters. The van der Waals surface area contributed by atoms with E-state index in [0.29, 0.717) is 0 Å². The van der Waals surface area contributed by atoms with Crippen molar-refractivity contribution < 1.29 is 9.53 Å². The van der Waals surface area contributed by atoms with Crippen LogP contribution in [0, 0.1) is 6.92 Å². The number of aryl methyl sites for hydroxylation is 2. The minimum absolute atomic E-state index is 0.179. The Labute approximate surface area is 182 Å². The monoisotopic (exact) mass is 417 g/mol. The number of hydrogen-bond donors (Lipinski definition) is 1. The van der Waals surface area contributed by atoms with Crippen LogP contribution in [0.25, 0.3) is 17.2 Å². The summed E-state index contributed by atoms with van der Waals surface area (Å²) in [6.45, 7) is 6.48. The molecule has 2 aromatic heterocycles. The molecule has 0 radical (unpaired) electrons. The van der Waals surface area contributed by atoms with Gasteiger partial charge in [-0.15, -0.1) is 0 Å². The van der Waals surface area contributed by atoms with Crippen LogP contribution in [-0.4, -0.2) is 51.9 Å². The summed E-state index contributed by atoms with van der Waals surface area (Å²) in [6.07, 6.45) is 10.5. The Morgan fingerprint density at radius 1 is 1.23 bits per heavy atom. The van der Waals surface area contributed by atoms with E-state index in [9.17, 15) is 4.79 Å². The van der Waals surface area contributed by atoms with E-state index in [-0.39, 0.29) is 5.91 Å². The summed E-state index contributed by atoms with van der Waals surface area (Å²) in [4.78, 5) is 19.1. The van der Waals surface area contributed by atoms with Gasteiger partial charge in [-0.25, -0.2) is 0 Å². The molecule has 7 nitrogen and oxygen atoms in total. The fourth-order valence-corrected chi connectivity index (χ4v) is 3.66. The molecule has 0 spiro atoms. The summed E-state index contributed by atoms with van der Waals surface area (Å²) >= 11 is 0. The second-order valence-electron chi connectivity index (χ2n) is 7.72. The molecule has 0 bridgehead atoms. The zero-order valence-electron chi connectivity index (χ0n) is 17.9. The lowest BCUT2D eigenvalue weighted by molar-refractivity contribution is -0.111. The van der Waals surface area contributed by atoms with E-state index in [2.05, 4.69) is 33.3 Å². The summed E-state index contributed by atoms with van der Waals surface area (Å²) in [6, 6.07) is 7.99. The maximum absolute atomic E-state index is 12.5. The Morgan fingerprint density at radius 2 is 2.06 bits per heavy atom. The topological polar surface area (TPSA) is 72.3 Å². The Hall–Kier alpha value is -3.29. The summed E-state index contributed by atoms with van der Waals surface area (Å²) in [5.74, 6) is -0.179.